The molecule has 0 radical (unpaired) electrons. The van der Waals surface area contributed by atoms with Crippen molar-refractivity contribution < 1.29 is 9.26 Å². The van der Waals surface area contributed by atoms with Crippen LogP contribution in [0.15, 0.2) is 33.6 Å². The highest BCUT2D eigenvalue weighted by atomic mass is 127. The van der Waals surface area contributed by atoms with Crippen molar-refractivity contribution in [2.75, 3.05) is 24.7 Å². The van der Waals surface area contributed by atoms with Crippen LogP contribution in [0.2, 0.25) is 5.02 Å². The molecule has 210 valence electrons. The molecule has 1 N–H and O–H groups in total. The Morgan fingerprint density at radius 3 is 2.77 bits per heavy atom. The smallest absolute Gasteiger partial charge is 0.381 e. The summed E-state index contributed by atoms with van der Waals surface area (Å²) in [7, 11) is 0. The van der Waals surface area contributed by atoms with Gasteiger partial charge in [-0.3, -0.25) is 9.51 Å². The number of hydrogen-bond acceptors (Lipinski definition) is 8. The molecule has 10 nitrogen and oxygen atoms in total. The Labute approximate surface area is 250 Å². The van der Waals surface area contributed by atoms with Crippen LogP contribution >= 0.6 is 34.2 Å². The molecule has 5 heterocycles. The number of imidazole rings is 1. The van der Waals surface area contributed by atoms with Gasteiger partial charge in [-0.2, -0.15) is 4.98 Å². The molecule has 2 unspecified atom stereocenters. The third-order valence-corrected chi connectivity index (χ3v) is 10.1. The fourth-order valence-electron chi connectivity index (χ4n) is 6.66. The van der Waals surface area contributed by atoms with Gasteiger partial charge in [0, 0.05) is 46.2 Å². The number of nitrogens with one attached hydrogen (secondary N) is 1. The minimum atomic E-state index is -0.654. The average Bonchev–Trinajstić information content (AvgIpc) is 3.57. The first-order valence-electron chi connectivity index (χ1n) is 14.1. The summed E-state index contributed by atoms with van der Waals surface area (Å²) in [5.74, 6) is 1.79. The summed E-state index contributed by atoms with van der Waals surface area (Å²) in [5.41, 5.74) is 3.04. The summed E-state index contributed by atoms with van der Waals surface area (Å²) in [5, 5.41) is 4.48. The van der Waals surface area contributed by atoms with Crippen LogP contribution in [0.5, 0.6) is 0 Å². The van der Waals surface area contributed by atoms with Crippen molar-refractivity contribution in [3.05, 3.63) is 39.8 Å². The number of hydrogen-bond donors (Lipinski definition) is 1. The van der Waals surface area contributed by atoms with Crippen molar-refractivity contribution in [2.45, 2.75) is 61.5 Å². The predicted molar refractivity (Wildman–Crippen MR) is 161 cm³/mol. The fraction of sp³-hybridized carbons (Fsp3) is 0.536. The van der Waals surface area contributed by atoms with Gasteiger partial charge < -0.3 is 14.2 Å². The van der Waals surface area contributed by atoms with Crippen molar-refractivity contribution in [1.29, 1.82) is 0 Å². The molecule has 1 aliphatic carbocycles. The highest BCUT2D eigenvalue weighted by Crippen LogP contribution is 2.39. The summed E-state index contributed by atoms with van der Waals surface area (Å²) in [6.45, 7) is 3.39. The minimum Gasteiger partial charge on any atom is -0.381 e. The Kier molecular flexibility index (Phi) is 7.29. The highest BCUT2D eigenvalue weighted by Gasteiger charge is 2.37. The zero-order valence-corrected chi connectivity index (χ0v) is 25.0. The minimum absolute atomic E-state index is 0.175. The quantitative estimate of drug-likeness (QED) is 0.218. The molecule has 12 heteroatoms. The van der Waals surface area contributed by atoms with E-state index in [0.717, 1.165) is 60.1 Å². The van der Waals surface area contributed by atoms with Crippen LogP contribution in [0.25, 0.3) is 34.1 Å². The molecule has 3 fully saturated rings. The molecular weight excluding hydrogens is 645 g/mol. The monoisotopic (exact) mass is 675 g/mol. The second-order valence-corrected chi connectivity index (χ2v) is 13.4. The Bertz CT molecular complexity index is 1580. The number of aromatic amines is 1. The summed E-state index contributed by atoms with van der Waals surface area (Å²) < 4.78 is 13.8. The predicted octanol–water partition coefficient (Wildman–Crippen LogP) is 5.49. The van der Waals surface area contributed by atoms with Gasteiger partial charge in [-0.05, 0) is 63.0 Å². The first-order valence-corrected chi connectivity index (χ1v) is 15.7. The van der Waals surface area contributed by atoms with Gasteiger partial charge in [-0.1, -0.05) is 51.5 Å². The summed E-state index contributed by atoms with van der Waals surface area (Å²) in [6.07, 6.45) is 8.13. The lowest BCUT2D eigenvalue weighted by atomic mass is 9.86. The first-order chi connectivity index (χ1) is 19.5. The molecule has 0 spiro atoms. The molecular formula is C28H31ClIN7O3. The fourth-order valence-corrected chi connectivity index (χ4v) is 7.57. The molecule has 1 aromatic carbocycles. The van der Waals surface area contributed by atoms with E-state index in [9.17, 15) is 4.79 Å². The van der Waals surface area contributed by atoms with Gasteiger partial charge in [-0.15, -0.1) is 0 Å². The zero-order valence-electron chi connectivity index (χ0n) is 22.1. The van der Waals surface area contributed by atoms with Crippen LogP contribution in [0.3, 0.4) is 0 Å². The topological polar surface area (TPSA) is 115 Å². The van der Waals surface area contributed by atoms with E-state index in [1.165, 1.54) is 32.1 Å². The molecule has 0 bridgehead atoms. The molecule has 2 saturated heterocycles. The van der Waals surface area contributed by atoms with Gasteiger partial charge >= 0.3 is 5.76 Å². The van der Waals surface area contributed by atoms with Crippen LogP contribution in [0, 0.1) is 11.8 Å². The number of H-pyrrole nitrogens is 1. The van der Waals surface area contributed by atoms with E-state index in [-0.39, 0.29) is 11.6 Å². The molecule has 4 aromatic rings. The number of halogens is 2. The maximum absolute atomic E-state index is 11.8. The number of alkyl halides is 1. The van der Waals surface area contributed by atoms with Crippen molar-refractivity contribution in [1.82, 2.24) is 29.7 Å². The van der Waals surface area contributed by atoms with Crippen LogP contribution in [-0.2, 0) is 11.3 Å². The molecule has 3 aromatic heterocycles. The molecule has 7 rings (SSSR count). The lowest BCUT2D eigenvalue weighted by molar-refractivity contribution is 0.0278. The van der Waals surface area contributed by atoms with Crippen molar-refractivity contribution >= 4 is 51.3 Å². The van der Waals surface area contributed by atoms with E-state index < -0.39 is 5.76 Å². The molecule has 3 aliphatic rings. The SMILES string of the molecule is O=c1[nH]c(-c2nc(-c3cccc(Cl)c3)c3c(n2)nc(N2CCCC4COCCC42)n3C[C@H]2CC[C@H](I)CC2)no1. The Morgan fingerprint density at radius 1 is 1.10 bits per heavy atom. The van der Waals surface area contributed by atoms with Crippen LogP contribution in [-0.4, -0.2) is 59.4 Å². The van der Waals surface area contributed by atoms with Gasteiger partial charge in [-0.25, -0.2) is 14.8 Å². The molecule has 1 saturated carbocycles. The normalized spacial score (nSPS) is 25.3. The maximum atomic E-state index is 11.8. The third-order valence-electron chi connectivity index (χ3n) is 8.62. The number of benzene rings is 1. The molecule has 0 amide bonds. The second-order valence-electron chi connectivity index (χ2n) is 11.2. The summed E-state index contributed by atoms with van der Waals surface area (Å²) >= 11 is 9.05. The summed E-state index contributed by atoms with van der Waals surface area (Å²) in [6, 6.07) is 8.06. The Hall–Kier alpha value is -2.51. The molecule has 2 aliphatic heterocycles. The van der Waals surface area contributed by atoms with Crippen LogP contribution < -0.4 is 10.7 Å². The van der Waals surface area contributed by atoms with Gasteiger partial charge in [0.1, 0.15) is 11.2 Å². The third kappa shape index (κ3) is 5.04. The Balaban J connectivity index is 1.44. The van der Waals surface area contributed by atoms with Crippen molar-refractivity contribution in [3.8, 4) is 22.9 Å². The number of ether oxygens (including phenoxy) is 1. The van der Waals surface area contributed by atoms with Crippen LogP contribution in [0.1, 0.15) is 44.9 Å². The number of aromatic nitrogens is 6. The van der Waals surface area contributed by atoms with Crippen molar-refractivity contribution in [2.24, 2.45) is 11.8 Å². The average molecular weight is 676 g/mol. The number of rotatable bonds is 5. The number of anilines is 1. The van der Waals surface area contributed by atoms with E-state index in [4.69, 9.17) is 35.8 Å². The van der Waals surface area contributed by atoms with Gasteiger partial charge in [0.2, 0.25) is 17.6 Å². The summed E-state index contributed by atoms with van der Waals surface area (Å²) in [4.78, 5) is 31.9. The lowest BCUT2D eigenvalue weighted by Crippen LogP contribution is -2.50. The van der Waals surface area contributed by atoms with E-state index in [0.29, 0.717) is 34.2 Å². The van der Waals surface area contributed by atoms with Crippen molar-refractivity contribution in [3.63, 3.8) is 0 Å². The first kappa shape index (κ1) is 26.4. The number of nitrogens with zero attached hydrogens (tertiary/aromatic N) is 6. The lowest BCUT2D eigenvalue weighted by Gasteiger charge is -2.44. The largest absolute Gasteiger partial charge is 0.439 e. The maximum Gasteiger partial charge on any atom is 0.439 e. The zero-order chi connectivity index (χ0) is 27.2. The van der Waals surface area contributed by atoms with Crippen LogP contribution in [0.4, 0.5) is 5.95 Å². The van der Waals surface area contributed by atoms with Gasteiger partial charge in [0.15, 0.2) is 5.65 Å². The van der Waals surface area contributed by atoms with Gasteiger partial charge in [0.05, 0.1) is 6.61 Å². The number of piperidine rings is 1. The van der Waals surface area contributed by atoms with E-state index >= 15 is 0 Å². The molecule has 40 heavy (non-hydrogen) atoms. The van der Waals surface area contributed by atoms with E-state index in [1.807, 2.05) is 24.3 Å². The second kappa shape index (κ2) is 11.1. The molecule has 2 atom stereocenters. The van der Waals surface area contributed by atoms with E-state index in [1.54, 1.807) is 0 Å². The van der Waals surface area contributed by atoms with E-state index in [2.05, 4.69) is 42.2 Å². The Morgan fingerprint density at radius 2 is 1.98 bits per heavy atom. The highest BCUT2D eigenvalue weighted by molar-refractivity contribution is 14.1. The van der Waals surface area contributed by atoms with Gasteiger partial charge in [0.25, 0.3) is 0 Å². The standard InChI is InChI=1S/C28H31ClIN7O3/c29-19-5-1-3-17(13-19)22-23-24(32-25(31-22)26-34-28(38)40-35-26)33-27(37(23)14-16-6-8-20(30)9-7-16)36-11-2-4-18-15-39-12-10-21(18)36/h1,3,5,13,16,18,20-21H,2,4,6-12,14-15H2,(H,34,35,38)/t16-,18?,20-,21?. The number of fused-ring (bicyclic) bond motifs is 2.